The van der Waals surface area contributed by atoms with Crippen LogP contribution in [0.5, 0.6) is 0 Å². The second-order valence-electron chi connectivity index (χ2n) is 6.57. The second-order valence-corrected chi connectivity index (χ2v) is 6.57. The molecule has 2 aromatic rings. The van der Waals surface area contributed by atoms with Crippen molar-refractivity contribution in [2.75, 3.05) is 35.2 Å². The van der Waals surface area contributed by atoms with Gasteiger partial charge in [-0.1, -0.05) is 6.07 Å². The van der Waals surface area contributed by atoms with E-state index in [1.807, 2.05) is 4.90 Å². The van der Waals surface area contributed by atoms with Gasteiger partial charge in [0.1, 0.15) is 11.6 Å². The summed E-state index contributed by atoms with van der Waals surface area (Å²) in [4.78, 5) is 25.3. The number of carbonyl (C=O) groups excluding carboxylic acids is 2. The van der Waals surface area contributed by atoms with Gasteiger partial charge in [-0.05, 0) is 30.3 Å². The van der Waals surface area contributed by atoms with Crippen LogP contribution >= 0.6 is 0 Å². The summed E-state index contributed by atoms with van der Waals surface area (Å²) in [5.74, 6) is -1.42. The summed E-state index contributed by atoms with van der Waals surface area (Å²) in [6.45, 7) is 1.43. The highest BCUT2D eigenvalue weighted by Gasteiger charge is 2.27. The van der Waals surface area contributed by atoms with Crippen molar-refractivity contribution >= 4 is 34.4 Å². The second kappa shape index (κ2) is 7.30. The quantitative estimate of drug-likeness (QED) is 0.712. The van der Waals surface area contributed by atoms with Gasteiger partial charge in [0.15, 0.2) is 0 Å². The predicted molar refractivity (Wildman–Crippen MR) is 103 cm³/mol. The minimum Gasteiger partial charge on any atom is -0.367 e. The van der Waals surface area contributed by atoms with Gasteiger partial charge in [-0.25, -0.2) is 8.78 Å². The van der Waals surface area contributed by atoms with Crippen molar-refractivity contribution in [2.45, 2.75) is 6.42 Å². The fraction of sp³-hybridized carbons (Fsp3) is 0.200. The molecule has 4 rings (SSSR count). The Morgan fingerprint density at radius 3 is 2.75 bits per heavy atom. The molecule has 6 nitrogen and oxygen atoms in total. The van der Waals surface area contributed by atoms with Crippen LogP contribution in [0.15, 0.2) is 42.6 Å². The molecule has 0 radical (unpaired) electrons. The lowest BCUT2D eigenvalue weighted by atomic mass is 10.1. The number of carbonyl (C=O) groups is 2. The molecule has 0 atom stereocenters. The zero-order chi connectivity index (χ0) is 19.7. The molecule has 0 spiro atoms. The van der Waals surface area contributed by atoms with Gasteiger partial charge >= 0.3 is 0 Å². The zero-order valence-corrected chi connectivity index (χ0v) is 14.9. The Hall–Kier alpha value is -3.42. The molecule has 2 heterocycles. The molecular weight excluding hydrogens is 366 g/mol. The topological polar surface area (TPSA) is 73.5 Å². The molecular formula is C20H18F2N4O2. The van der Waals surface area contributed by atoms with E-state index in [0.717, 1.165) is 0 Å². The summed E-state index contributed by atoms with van der Waals surface area (Å²) in [6, 6.07) is 9.01. The van der Waals surface area contributed by atoms with Crippen molar-refractivity contribution in [1.29, 1.82) is 0 Å². The van der Waals surface area contributed by atoms with Gasteiger partial charge in [-0.3, -0.25) is 9.59 Å². The van der Waals surface area contributed by atoms with Crippen LogP contribution in [-0.4, -0.2) is 31.4 Å². The molecule has 0 aliphatic carbocycles. The van der Waals surface area contributed by atoms with Crippen LogP contribution in [-0.2, 0) is 9.59 Å². The summed E-state index contributed by atoms with van der Waals surface area (Å²) in [5.41, 5.74) is 1.58. The number of nitrogens with one attached hydrogen (secondary N) is 3. The van der Waals surface area contributed by atoms with Crippen LogP contribution in [0.2, 0.25) is 0 Å². The van der Waals surface area contributed by atoms with Crippen molar-refractivity contribution in [3.05, 3.63) is 59.8 Å². The summed E-state index contributed by atoms with van der Waals surface area (Å²) in [6.07, 6.45) is 1.68. The molecule has 2 aliphatic rings. The number of amides is 2. The van der Waals surface area contributed by atoms with Gasteiger partial charge in [-0.15, -0.1) is 0 Å². The molecule has 0 aromatic heterocycles. The highest BCUT2D eigenvalue weighted by molar-refractivity contribution is 6.31. The lowest BCUT2D eigenvalue weighted by Gasteiger charge is -2.22. The fourth-order valence-electron chi connectivity index (χ4n) is 3.36. The Morgan fingerprint density at radius 1 is 1.07 bits per heavy atom. The number of hydrogen-bond acceptors (Lipinski definition) is 4. The van der Waals surface area contributed by atoms with Gasteiger partial charge in [-0.2, -0.15) is 0 Å². The van der Waals surface area contributed by atoms with Gasteiger partial charge < -0.3 is 20.9 Å². The molecule has 0 bridgehead atoms. The largest absolute Gasteiger partial charge is 0.367 e. The monoisotopic (exact) mass is 384 g/mol. The summed E-state index contributed by atoms with van der Waals surface area (Å²) in [7, 11) is 0. The third-order valence-electron chi connectivity index (χ3n) is 4.76. The average Bonchev–Trinajstić information content (AvgIpc) is 2.84. The van der Waals surface area contributed by atoms with Gasteiger partial charge in [0.05, 0.1) is 16.9 Å². The van der Waals surface area contributed by atoms with E-state index < -0.39 is 17.5 Å². The molecule has 28 heavy (non-hydrogen) atoms. The van der Waals surface area contributed by atoms with E-state index in [0.29, 0.717) is 43.1 Å². The van der Waals surface area contributed by atoms with Crippen LogP contribution in [0.25, 0.3) is 5.57 Å². The standard InChI is InChI=1S/C20H18F2N4O2/c21-14-2-1-3-16-19(14)13(20(28)25-16)11-24-12-4-5-17(15(22)10-12)26-8-6-18(27)23-7-9-26/h1-5,10-11,24H,6-9H2,(H,23,27)(H,25,28). The maximum atomic E-state index is 14.6. The van der Waals surface area contributed by atoms with Gasteiger partial charge in [0.2, 0.25) is 5.91 Å². The molecule has 1 fully saturated rings. The first-order valence-corrected chi connectivity index (χ1v) is 8.91. The third-order valence-corrected chi connectivity index (χ3v) is 4.76. The number of anilines is 3. The molecule has 2 aliphatic heterocycles. The molecule has 8 heteroatoms. The SMILES string of the molecule is O=C1CCN(c2ccc(NC=C3C(=O)Nc4cccc(F)c43)cc2F)CCN1. The highest BCUT2D eigenvalue weighted by atomic mass is 19.1. The molecule has 0 saturated carbocycles. The smallest absolute Gasteiger partial charge is 0.257 e. The Labute approximate surface area is 160 Å². The molecule has 2 aromatic carbocycles. The Morgan fingerprint density at radius 2 is 1.93 bits per heavy atom. The van der Waals surface area contributed by atoms with E-state index in [4.69, 9.17) is 0 Å². The zero-order valence-electron chi connectivity index (χ0n) is 14.9. The Balaban J connectivity index is 1.54. The van der Waals surface area contributed by atoms with Crippen molar-refractivity contribution < 1.29 is 18.4 Å². The number of hydrogen-bond donors (Lipinski definition) is 3. The van der Waals surface area contributed by atoms with Gasteiger partial charge in [0, 0.05) is 43.5 Å². The summed E-state index contributed by atoms with van der Waals surface area (Å²) in [5, 5.41) is 8.21. The van der Waals surface area contributed by atoms with Gasteiger partial charge in [0.25, 0.3) is 5.91 Å². The summed E-state index contributed by atoms with van der Waals surface area (Å²) >= 11 is 0. The fourth-order valence-corrected chi connectivity index (χ4v) is 3.36. The molecule has 1 saturated heterocycles. The Bertz CT molecular complexity index is 990. The number of fused-ring (bicyclic) bond motifs is 1. The predicted octanol–water partition coefficient (Wildman–Crippen LogP) is 2.70. The van der Waals surface area contributed by atoms with Crippen LogP contribution < -0.4 is 20.9 Å². The van der Waals surface area contributed by atoms with E-state index in [1.165, 1.54) is 24.4 Å². The number of benzene rings is 2. The van der Waals surface area contributed by atoms with Crippen LogP contribution in [0.4, 0.5) is 25.8 Å². The van der Waals surface area contributed by atoms with E-state index in [9.17, 15) is 18.4 Å². The number of rotatable bonds is 3. The van der Waals surface area contributed by atoms with E-state index >= 15 is 0 Å². The lowest BCUT2D eigenvalue weighted by Crippen LogP contribution is -2.29. The molecule has 144 valence electrons. The van der Waals surface area contributed by atoms with Crippen LogP contribution in [0.1, 0.15) is 12.0 Å². The van der Waals surface area contributed by atoms with Crippen LogP contribution in [0, 0.1) is 11.6 Å². The first-order chi connectivity index (χ1) is 13.5. The number of halogens is 2. The van der Waals surface area contributed by atoms with Crippen molar-refractivity contribution in [3.8, 4) is 0 Å². The number of nitrogens with zero attached hydrogens (tertiary/aromatic N) is 1. The van der Waals surface area contributed by atoms with E-state index in [2.05, 4.69) is 16.0 Å². The van der Waals surface area contributed by atoms with E-state index in [-0.39, 0.29) is 17.0 Å². The molecule has 2 amide bonds. The molecule has 3 N–H and O–H groups in total. The molecule has 0 unspecified atom stereocenters. The lowest BCUT2D eigenvalue weighted by molar-refractivity contribution is -0.120. The average molecular weight is 384 g/mol. The maximum absolute atomic E-state index is 14.6. The van der Waals surface area contributed by atoms with Crippen LogP contribution in [0.3, 0.4) is 0 Å². The maximum Gasteiger partial charge on any atom is 0.257 e. The van der Waals surface area contributed by atoms with Crippen molar-refractivity contribution in [2.24, 2.45) is 0 Å². The third kappa shape index (κ3) is 3.40. The van der Waals surface area contributed by atoms with Crippen molar-refractivity contribution in [3.63, 3.8) is 0 Å². The summed E-state index contributed by atoms with van der Waals surface area (Å²) < 4.78 is 28.7. The van der Waals surface area contributed by atoms with E-state index in [1.54, 1.807) is 18.2 Å². The minimum absolute atomic E-state index is 0.0461. The normalized spacial score (nSPS) is 17.8. The van der Waals surface area contributed by atoms with Crippen molar-refractivity contribution in [1.82, 2.24) is 5.32 Å². The first kappa shape index (κ1) is 18.0. The highest BCUT2D eigenvalue weighted by Crippen LogP contribution is 2.33. The first-order valence-electron chi connectivity index (χ1n) is 8.91. The Kier molecular flexibility index (Phi) is 4.68. The minimum atomic E-state index is -0.505.